The van der Waals surface area contributed by atoms with Crippen LogP contribution < -0.4 is 0 Å². The van der Waals surface area contributed by atoms with Gasteiger partial charge in [0.1, 0.15) is 0 Å². The average molecular weight is 287 g/mol. The van der Waals surface area contributed by atoms with Gasteiger partial charge < -0.3 is 0 Å². The van der Waals surface area contributed by atoms with Crippen LogP contribution in [0.15, 0.2) is 0 Å². The highest BCUT2D eigenvalue weighted by Crippen LogP contribution is 2.28. The molecule has 0 aliphatic carbocycles. The van der Waals surface area contributed by atoms with Crippen LogP contribution in [0.5, 0.6) is 0 Å². The Morgan fingerprint density at radius 3 is 2.94 bits per heavy atom. The summed E-state index contributed by atoms with van der Waals surface area (Å²) in [6, 6.07) is 1.64. The third-order valence-corrected chi connectivity index (χ3v) is 7.47. The zero-order valence-electron chi connectivity index (χ0n) is 11.5. The predicted molar refractivity (Wildman–Crippen MR) is 83.8 cm³/mol. The molecular weight excluding hydrogens is 260 g/mol. The monoisotopic (exact) mass is 286 g/mol. The molecule has 104 valence electrons. The van der Waals surface area contributed by atoms with Crippen molar-refractivity contribution in [3.63, 3.8) is 0 Å². The van der Waals surface area contributed by atoms with Crippen molar-refractivity contribution >= 4 is 23.5 Å². The van der Waals surface area contributed by atoms with Crippen LogP contribution in [0.25, 0.3) is 0 Å². The standard InChI is InChI=1S/C14H26N2S2/c1-12-8-15-5-3-2-4-13(15)9-16(12)10-14-11-17-6-7-18-14/h12-14H,2-11H2,1H3. The lowest BCUT2D eigenvalue weighted by Crippen LogP contribution is -2.59. The summed E-state index contributed by atoms with van der Waals surface area (Å²) in [4.78, 5) is 5.55. The Morgan fingerprint density at radius 1 is 1.17 bits per heavy atom. The number of hydrogen-bond acceptors (Lipinski definition) is 4. The fourth-order valence-electron chi connectivity index (χ4n) is 3.57. The molecule has 0 saturated carbocycles. The first-order valence-corrected chi connectivity index (χ1v) is 9.71. The molecule has 0 aromatic carbocycles. The number of piperidine rings is 1. The van der Waals surface area contributed by atoms with E-state index >= 15 is 0 Å². The van der Waals surface area contributed by atoms with Crippen LogP contribution in [0.3, 0.4) is 0 Å². The van der Waals surface area contributed by atoms with Gasteiger partial charge in [-0.2, -0.15) is 23.5 Å². The maximum atomic E-state index is 2.79. The third kappa shape index (κ3) is 3.20. The highest BCUT2D eigenvalue weighted by molar-refractivity contribution is 8.06. The molecule has 0 N–H and O–H groups in total. The van der Waals surface area contributed by atoms with Gasteiger partial charge in [-0.3, -0.25) is 9.80 Å². The highest BCUT2D eigenvalue weighted by Gasteiger charge is 2.33. The summed E-state index contributed by atoms with van der Waals surface area (Å²) in [5, 5.41) is 0.890. The van der Waals surface area contributed by atoms with Crippen LogP contribution in [0, 0.1) is 0 Å². The van der Waals surface area contributed by atoms with Gasteiger partial charge in [-0.15, -0.1) is 0 Å². The van der Waals surface area contributed by atoms with Crippen molar-refractivity contribution in [2.24, 2.45) is 0 Å². The molecule has 3 rings (SSSR count). The Balaban J connectivity index is 1.54. The third-order valence-electron chi connectivity index (χ3n) is 4.64. The molecule has 0 aromatic rings. The van der Waals surface area contributed by atoms with Gasteiger partial charge in [0.15, 0.2) is 0 Å². The van der Waals surface area contributed by atoms with E-state index in [1.807, 2.05) is 0 Å². The first-order valence-electron chi connectivity index (χ1n) is 7.50. The van der Waals surface area contributed by atoms with Gasteiger partial charge in [0, 0.05) is 54.2 Å². The van der Waals surface area contributed by atoms with E-state index < -0.39 is 0 Å². The van der Waals surface area contributed by atoms with Crippen molar-refractivity contribution in [1.82, 2.24) is 9.80 Å². The molecule has 3 heterocycles. The van der Waals surface area contributed by atoms with Crippen LogP contribution >= 0.6 is 23.5 Å². The van der Waals surface area contributed by atoms with Gasteiger partial charge in [0.25, 0.3) is 0 Å². The van der Waals surface area contributed by atoms with Crippen LogP contribution in [0.2, 0.25) is 0 Å². The van der Waals surface area contributed by atoms with E-state index in [-0.39, 0.29) is 0 Å². The van der Waals surface area contributed by atoms with E-state index in [0.717, 1.165) is 17.3 Å². The zero-order valence-corrected chi connectivity index (χ0v) is 13.1. The fourth-order valence-corrected chi connectivity index (χ4v) is 6.27. The Kier molecular flexibility index (Phi) is 4.82. The fraction of sp³-hybridized carbons (Fsp3) is 1.00. The second-order valence-electron chi connectivity index (χ2n) is 6.02. The van der Waals surface area contributed by atoms with Crippen LogP contribution in [-0.4, -0.2) is 70.6 Å². The van der Waals surface area contributed by atoms with Gasteiger partial charge in [0.2, 0.25) is 0 Å². The maximum absolute atomic E-state index is 2.79. The van der Waals surface area contributed by atoms with Gasteiger partial charge in [-0.25, -0.2) is 0 Å². The number of thioether (sulfide) groups is 2. The van der Waals surface area contributed by atoms with Gasteiger partial charge in [-0.05, 0) is 26.3 Å². The van der Waals surface area contributed by atoms with Crippen LogP contribution in [0.1, 0.15) is 26.2 Å². The number of fused-ring (bicyclic) bond motifs is 1. The van der Waals surface area contributed by atoms with Crippen molar-refractivity contribution in [1.29, 1.82) is 0 Å². The summed E-state index contributed by atoms with van der Waals surface area (Å²) in [6.45, 7) is 7.78. The molecule has 0 bridgehead atoms. The summed E-state index contributed by atoms with van der Waals surface area (Å²) in [5.41, 5.74) is 0. The molecule has 4 heteroatoms. The van der Waals surface area contributed by atoms with Gasteiger partial charge in [-0.1, -0.05) is 6.42 Å². The molecule has 3 unspecified atom stereocenters. The minimum absolute atomic E-state index is 0.770. The summed E-state index contributed by atoms with van der Waals surface area (Å²) < 4.78 is 0. The zero-order chi connectivity index (χ0) is 12.4. The lowest BCUT2D eigenvalue weighted by Gasteiger charge is -2.48. The molecule has 18 heavy (non-hydrogen) atoms. The maximum Gasteiger partial charge on any atom is 0.0265 e. The molecule has 3 aliphatic heterocycles. The largest absolute Gasteiger partial charge is 0.298 e. The first-order chi connectivity index (χ1) is 8.83. The summed E-state index contributed by atoms with van der Waals surface area (Å²) in [6.07, 6.45) is 4.32. The van der Waals surface area contributed by atoms with Crippen LogP contribution in [-0.2, 0) is 0 Å². The Bertz CT molecular complexity index is 267. The van der Waals surface area contributed by atoms with Crippen molar-refractivity contribution < 1.29 is 0 Å². The van der Waals surface area contributed by atoms with E-state index in [4.69, 9.17) is 0 Å². The van der Waals surface area contributed by atoms with E-state index in [9.17, 15) is 0 Å². The second kappa shape index (κ2) is 6.38. The van der Waals surface area contributed by atoms with Gasteiger partial charge >= 0.3 is 0 Å². The molecule has 2 nitrogen and oxygen atoms in total. The average Bonchev–Trinajstić information content (AvgIpc) is 2.41. The Morgan fingerprint density at radius 2 is 2.11 bits per heavy atom. The molecule has 3 fully saturated rings. The van der Waals surface area contributed by atoms with E-state index in [0.29, 0.717) is 0 Å². The van der Waals surface area contributed by atoms with E-state index in [1.54, 1.807) is 0 Å². The SMILES string of the molecule is CC1CN2CCCCC2CN1CC1CSCCS1. The number of piperazine rings is 1. The Labute approximate surface area is 120 Å². The van der Waals surface area contributed by atoms with Crippen molar-refractivity contribution in [2.75, 3.05) is 43.4 Å². The smallest absolute Gasteiger partial charge is 0.0265 e. The molecule has 3 atom stereocenters. The van der Waals surface area contributed by atoms with Crippen molar-refractivity contribution in [3.8, 4) is 0 Å². The summed E-state index contributed by atoms with van der Waals surface area (Å²) in [5.74, 6) is 4.11. The molecule has 0 amide bonds. The van der Waals surface area contributed by atoms with Crippen LogP contribution in [0.4, 0.5) is 0 Å². The van der Waals surface area contributed by atoms with Crippen molar-refractivity contribution in [2.45, 2.75) is 43.5 Å². The van der Waals surface area contributed by atoms with E-state index in [2.05, 4.69) is 40.2 Å². The predicted octanol–water partition coefficient (Wildman–Crippen LogP) is 2.39. The molecule has 3 aliphatic rings. The molecule has 0 radical (unpaired) electrons. The molecule has 3 saturated heterocycles. The topological polar surface area (TPSA) is 6.48 Å². The summed E-state index contributed by atoms with van der Waals surface area (Å²) in [7, 11) is 0. The molecule has 0 aromatic heterocycles. The minimum Gasteiger partial charge on any atom is -0.298 e. The summed E-state index contributed by atoms with van der Waals surface area (Å²) >= 11 is 4.37. The van der Waals surface area contributed by atoms with Gasteiger partial charge in [0.05, 0.1) is 0 Å². The second-order valence-corrected chi connectivity index (χ2v) is 8.57. The lowest BCUT2D eigenvalue weighted by atomic mass is 9.97. The van der Waals surface area contributed by atoms with Crippen molar-refractivity contribution in [3.05, 3.63) is 0 Å². The number of rotatable bonds is 2. The lowest BCUT2D eigenvalue weighted by molar-refractivity contribution is 0.0163. The highest BCUT2D eigenvalue weighted by atomic mass is 32.2. The first kappa shape index (κ1) is 13.6. The minimum atomic E-state index is 0.770. The molecular formula is C14H26N2S2. The number of nitrogens with zero attached hydrogens (tertiary/aromatic N) is 2. The molecule has 0 spiro atoms. The van der Waals surface area contributed by atoms with E-state index in [1.165, 1.54) is 62.7 Å². The Hall–Kier alpha value is 0.620. The number of hydrogen-bond donors (Lipinski definition) is 0. The normalized spacial score (nSPS) is 39.5. The quantitative estimate of drug-likeness (QED) is 0.768.